The number of fused-ring (bicyclic) bond motifs is 1. The van der Waals surface area contributed by atoms with Gasteiger partial charge in [-0.2, -0.15) is 0 Å². The number of aliphatic hydroxyl groups excluding tert-OH is 1. The maximum atomic E-state index is 9.48. The lowest BCUT2D eigenvalue weighted by atomic mass is 10.2. The fourth-order valence-electron chi connectivity index (χ4n) is 3.23. The standard InChI is InChI=1S/C18H20N4O2/c23-11-14-5-3-7-22(14)18-9-17(20-12-21-18)19-10-15-8-13-4-1-2-6-16(13)24-15/h1-2,4,6,8-9,12,14,23H,3,5,7,10-11H2,(H,19,20,21)/t14-/m0/s1. The van der Waals surface area contributed by atoms with Gasteiger partial charge in [-0.25, -0.2) is 9.97 Å². The van der Waals surface area contributed by atoms with E-state index in [0.29, 0.717) is 6.54 Å². The summed E-state index contributed by atoms with van der Waals surface area (Å²) in [7, 11) is 0. The number of benzene rings is 1. The number of furan rings is 1. The largest absolute Gasteiger partial charge is 0.459 e. The van der Waals surface area contributed by atoms with E-state index in [9.17, 15) is 5.11 Å². The lowest BCUT2D eigenvalue weighted by molar-refractivity contribution is 0.266. The van der Waals surface area contributed by atoms with Crippen molar-refractivity contribution in [2.75, 3.05) is 23.4 Å². The smallest absolute Gasteiger partial charge is 0.134 e. The predicted molar refractivity (Wildman–Crippen MR) is 93.0 cm³/mol. The van der Waals surface area contributed by atoms with Gasteiger partial charge >= 0.3 is 0 Å². The van der Waals surface area contributed by atoms with Gasteiger partial charge in [0, 0.05) is 18.0 Å². The van der Waals surface area contributed by atoms with Crippen LogP contribution in [0.2, 0.25) is 0 Å². The molecule has 0 radical (unpaired) electrons. The summed E-state index contributed by atoms with van der Waals surface area (Å²) in [5.74, 6) is 2.48. The molecule has 2 aromatic heterocycles. The van der Waals surface area contributed by atoms with E-state index >= 15 is 0 Å². The molecule has 6 nitrogen and oxygen atoms in total. The number of rotatable bonds is 5. The maximum absolute atomic E-state index is 9.48. The molecule has 4 rings (SSSR count). The number of nitrogens with one attached hydrogen (secondary N) is 1. The molecule has 0 bridgehead atoms. The van der Waals surface area contributed by atoms with E-state index in [2.05, 4.69) is 20.2 Å². The molecule has 1 fully saturated rings. The minimum atomic E-state index is 0.156. The summed E-state index contributed by atoms with van der Waals surface area (Å²) in [6.45, 7) is 1.64. The van der Waals surface area contributed by atoms with Crippen LogP contribution in [0.3, 0.4) is 0 Å². The van der Waals surface area contributed by atoms with Crippen LogP contribution in [0.5, 0.6) is 0 Å². The van der Waals surface area contributed by atoms with E-state index < -0.39 is 0 Å². The molecule has 3 aromatic rings. The van der Waals surface area contributed by atoms with Crippen LogP contribution < -0.4 is 10.2 Å². The molecule has 0 aliphatic carbocycles. The van der Waals surface area contributed by atoms with E-state index in [1.807, 2.05) is 36.4 Å². The van der Waals surface area contributed by atoms with Crippen LogP contribution in [0, 0.1) is 0 Å². The number of aliphatic hydroxyl groups is 1. The number of aromatic nitrogens is 2. The summed E-state index contributed by atoms with van der Waals surface area (Å²) in [5, 5.41) is 13.9. The Morgan fingerprint density at radius 1 is 1.25 bits per heavy atom. The first-order valence-corrected chi connectivity index (χ1v) is 8.24. The molecule has 6 heteroatoms. The second kappa shape index (κ2) is 6.49. The van der Waals surface area contributed by atoms with E-state index in [-0.39, 0.29) is 12.6 Å². The third-order valence-corrected chi connectivity index (χ3v) is 4.46. The van der Waals surface area contributed by atoms with Gasteiger partial charge in [0.2, 0.25) is 0 Å². The number of hydrogen-bond acceptors (Lipinski definition) is 6. The number of anilines is 2. The quantitative estimate of drug-likeness (QED) is 0.752. The van der Waals surface area contributed by atoms with E-state index in [4.69, 9.17) is 4.42 Å². The Labute approximate surface area is 140 Å². The predicted octanol–water partition coefficient (Wildman–Crippen LogP) is 2.80. The zero-order chi connectivity index (χ0) is 16.4. The minimum Gasteiger partial charge on any atom is -0.459 e. The average molecular weight is 324 g/mol. The summed E-state index contributed by atoms with van der Waals surface area (Å²) in [6.07, 6.45) is 3.64. The summed E-state index contributed by atoms with van der Waals surface area (Å²) in [6, 6.07) is 12.1. The van der Waals surface area contributed by atoms with Gasteiger partial charge in [0.15, 0.2) is 0 Å². The highest BCUT2D eigenvalue weighted by molar-refractivity contribution is 5.77. The second-order valence-corrected chi connectivity index (χ2v) is 6.04. The molecular weight excluding hydrogens is 304 g/mol. The van der Waals surface area contributed by atoms with Crippen molar-refractivity contribution in [1.82, 2.24) is 9.97 Å². The molecule has 1 aliphatic rings. The Morgan fingerprint density at radius 3 is 3.04 bits per heavy atom. The molecule has 0 unspecified atom stereocenters. The Kier molecular flexibility index (Phi) is 4.04. The summed E-state index contributed by atoms with van der Waals surface area (Å²) in [4.78, 5) is 10.8. The van der Waals surface area contributed by atoms with E-state index in [1.54, 1.807) is 6.33 Å². The summed E-state index contributed by atoms with van der Waals surface area (Å²) < 4.78 is 5.80. The van der Waals surface area contributed by atoms with Crippen molar-refractivity contribution in [3.8, 4) is 0 Å². The van der Waals surface area contributed by atoms with Crippen molar-refractivity contribution in [2.45, 2.75) is 25.4 Å². The van der Waals surface area contributed by atoms with Gasteiger partial charge in [-0.1, -0.05) is 18.2 Å². The molecule has 124 valence electrons. The van der Waals surface area contributed by atoms with Crippen molar-refractivity contribution < 1.29 is 9.52 Å². The van der Waals surface area contributed by atoms with Gasteiger partial charge in [0.1, 0.15) is 29.3 Å². The number of hydrogen-bond donors (Lipinski definition) is 2. The zero-order valence-electron chi connectivity index (χ0n) is 13.4. The van der Waals surface area contributed by atoms with Crippen LogP contribution in [0.15, 0.2) is 47.1 Å². The highest BCUT2D eigenvalue weighted by atomic mass is 16.3. The topological polar surface area (TPSA) is 74.4 Å². The van der Waals surface area contributed by atoms with Gasteiger partial charge in [0.25, 0.3) is 0 Å². The maximum Gasteiger partial charge on any atom is 0.134 e. The summed E-state index contributed by atoms with van der Waals surface area (Å²) in [5.41, 5.74) is 0.889. The van der Waals surface area contributed by atoms with Crippen LogP contribution in [0.1, 0.15) is 18.6 Å². The van der Waals surface area contributed by atoms with Gasteiger partial charge in [-0.15, -0.1) is 0 Å². The van der Waals surface area contributed by atoms with Crippen LogP contribution in [0.25, 0.3) is 11.0 Å². The molecule has 2 N–H and O–H groups in total. The molecule has 0 spiro atoms. The Balaban J connectivity index is 1.47. The zero-order valence-corrected chi connectivity index (χ0v) is 13.4. The highest BCUT2D eigenvalue weighted by Crippen LogP contribution is 2.25. The fourth-order valence-corrected chi connectivity index (χ4v) is 3.23. The highest BCUT2D eigenvalue weighted by Gasteiger charge is 2.25. The Bertz CT molecular complexity index is 800. The third kappa shape index (κ3) is 2.92. The molecule has 1 aliphatic heterocycles. The van der Waals surface area contributed by atoms with Gasteiger partial charge in [-0.3, -0.25) is 0 Å². The van der Waals surface area contributed by atoms with Gasteiger partial charge in [0.05, 0.1) is 19.2 Å². The van der Waals surface area contributed by atoms with Gasteiger partial charge in [-0.05, 0) is 25.0 Å². The Hall–Kier alpha value is -2.60. The molecular formula is C18H20N4O2. The van der Waals surface area contributed by atoms with Crippen molar-refractivity contribution in [2.24, 2.45) is 0 Å². The average Bonchev–Trinajstić information content (AvgIpc) is 3.26. The molecule has 1 atom stereocenters. The van der Waals surface area contributed by atoms with E-state index in [0.717, 1.165) is 47.8 Å². The molecule has 0 saturated carbocycles. The van der Waals surface area contributed by atoms with Crippen molar-refractivity contribution in [3.63, 3.8) is 0 Å². The van der Waals surface area contributed by atoms with Crippen LogP contribution in [-0.4, -0.2) is 34.3 Å². The minimum absolute atomic E-state index is 0.156. The molecule has 24 heavy (non-hydrogen) atoms. The first kappa shape index (κ1) is 15.0. The number of para-hydroxylation sites is 1. The monoisotopic (exact) mass is 324 g/mol. The molecule has 0 amide bonds. The van der Waals surface area contributed by atoms with Crippen LogP contribution >= 0.6 is 0 Å². The third-order valence-electron chi connectivity index (χ3n) is 4.46. The summed E-state index contributed by atoms with van der Waals surface area (Å²) >= 11 is 0. The lowest BCUT2D eigenvalue weighted by Gasteiger charge is -2.24. The first-order valence-electron chi connectivity index (χ1n) is 8.24. The lowest BCUT2D eigenvalue weighted by Crippen LogP contribution is -2.32. The van der Waals surface area contributed by atoms with Crippen molar-refractivity contribution >= 4 is 22.6 Å². The number of nitrogens with zero attached hydrogens (tertiary/aromatic N) is 3. The Morgan fingerprint density at radius 2 is 2.17 bits per heavy atom. The van der Waals surface area contributed by atoms with E-state index in [1.165, 1.54) is 0 Å². The van der Waals surface area contributed by atoms with Crippen molar-refractivity contribution in [3.05, 3.63) is 48.5 Å². The fraction of sp³-hybridized carbons (Fsp3) is 0.333. The molecule has 1 saturated heterocycles. The van der Waals surface area contributed by atoms with Crippen LogP contribution in [-0.2, 0) is 6.54 Å². The SMILES string of the molecule is OC[C@@H]1CCCN1c1cc(NCc2cc3ccccc3o2)ncn1. The second-order valence-electron chi connectivity index (χ2n) is 6.04. The first-order chi connectivity index (χ1) is 11.8. The molecule has 1 aromatic carbocycles. The van der Waals surface area contributed by atoms with Gasteiger partial charge < -0.3 is 19.7 Å². The molecule has 3 heterocycles. The normalized spacial score (nSPS) is 17.5. The van der Waals surface area contributed by atoms with Crippen LogP contribution in [0.4, 0.5) is 11.6 Å². The van der Waals surface area contributed by atoms with Crippen molar-refractivity contribution in [1.29, 1.82) is 0 Å².